The maximum Gasteiger partial charge on any atom is 0.416 e. The zero-order chi connectivity index (χ0) is 18.3. The number of nitrogens with one attached hydrogen (secondary N) is 3. The second-order valence-corrected chi connectivity index (χ2v) is 5.75. The Morgan fingerprint density at radius 2 is 2.08 bits per heavy atom. The zero-order valence-electron chi connectivity index (χ0n) is 14.2. The quantitative estimate of drug-likeness (QED) is 0.552. The van der Waals surface area contributed by atoms with Crippen molar-refractivity contribution in [3.63, 3.8) is 0 Å². The monoisotopic (exact) mass is 353 g/mol. The van der Waals surface area contributed by atoms with Gasteiger partial charge in [-0.15, -0.1) is 0 Å². The Morgan fingerprint density at radius 3 is 2.72 bits per heavy atom. The highest BCUT2D eigenvalue weighted by Crippen LogP contribution is 2.31. The number of alkyl halides is 3. The topological polar surface area (TPSA) is 65.1 Å². The highest BCUT2D eigenvalue weighted by Gasteiger charge is 2.30. The van der Waals surface area contributed by atoms with E-state index in [2.05, 4.69) is 25.8 Å². The molecular weight excluding hydrogens is 331 g/mol. The molecule has 1 aromatic carbocycles. The van der Waals surface area contributed by atoms with Crippen LogP contribution < -0.4 is 10.6 Å². The zero-order valence-corrected chi connectivity index (χ0v) is 14.2. The highest BCUT2D eigenvalue weighted by atomic mass is 19.4. The van der Waals surface area contributed by atoms with E-state index >= 15 is 0 Å². The van der Waals surface area contributed by atoms with Gasteiger partial charge in [-0.25, -0.2) is 0 Å². The van der Waals surface area contributed by atoms with Crippen molar-refractivity contribution in [2.75, 3.05) is 13.6 Å². The number of aromatic nitrogens is 2. The molecule has 1 aromatic heterocycles. The molecule has 0 bridgehead atoms. The Morgan fingerprint density at radius 1 is 1.28 bits per heavy atom. The smallest absolute Gasteiger partial charge is 0.356 e. The minimum absolute atomic E-state index is 0.000475. The van der Waals surface area contributed by atoms with E-state index in [9.17, 15) is 13.2 Å². The van der Waals surface area contributed by atoms with Gasteiger partial charge < -0.3 is 10.6 Å². The molecule has 2 rings (SSSR count). The van der Waals surface area contributed by atoms with E-state index in [4.69, 9.17) is 0 Å². The molecule has 1 atom stereocenters. The van der Waals surface area contributed by atoms with Gasteiger partial charge in [0.05, 0.1) is 17.8 Å². The summed E-state index contributed by atoms with van der Waals surface area (Å²) in [5.74, 6) is 0.631. The van der Waals surface area contributed by atoms with Crippen LogP contribution in [0, 0.1) is 0 Å². The number of hydrogen-bond acceptors (Lipinski definition) is 2. The molecule has 2 aromatic rings. The van der Waals surface area contributed by atoms with E-state index in [0.29, 0.717) is 31.0 Å². The van der Waals surface area contributed by atoms with Gasteiger partial charge >= 0.3 is 6.18 Å². The Kier molecular flexibility index (Phi) is 6.44. The van der Waals surface area contributed by atoms with Crippen LogP contribution in [0.4, 0.5) is 13.2 Å². The summed E-state index contributed by atoms with van der Waals surface area (Å²) in [6.45, 7) is 3.07. The fourth-order valence-electron chi connectivity index (χ4n) is 2.38. The second-order valence-electron chi connectivity index (χ2n) is 5.75. The first-order chi connectivity index (χ1) is 11.9. The number of aromatic amines is 1. The van der Waals surface area contributed by atoms with Gasteiger partial charge in [-0.2, -0.15) is 18.3 Å². The molecule has 0 aliphatic carbocycles. The van der Waals surface area contributed by atoms with Gasteiger partial charge in [-0.05, 0) is 30.0 Å². The highest BCUT2D eigenvalue weighted by molar-refractivity contribution is 5.79. The van der Waals surface area contributed by atoms with Crippen LogP contribution in [0.25, 0.3) is 0 Å². The van der Waals surface area contributed by atoms with Crippen molar-refractivity contribution in [3.8, 4) is 0 Å². The molecule has 8 heteroatoms. The van der Waals surface area contributed by atoms with Crippen molar-refractivity contribution in [2.45, 2.75) is 32.0 Å². The molecule has 0 spiro atoms. The van der Waals surface area contributed by atoms with E-state index in [1.54, 1.807) is 19.3 Å². The first kappa shape index (κ1) is 18.8. The van der Waals surface area contributed by atoms with Crippen LogP contribution in [-0.2, 0) is 12.7 Å². The number of nitrogens with zero attached hydrogens (tertiary/aromatic N) is 2. The van der Waals surface area contributed by atoms with Gasteiger partial charge in [0.15, 0.2) is 5.96 Å². The van der Waals surface area contributed by atoms with E-state index in [1.165, 1.54) is 12.1 Å². The minimum atomic E-state index is -4.31. The summed E-state index contributed by atoms with van der Waals surface area (Å²) < 4.78 is 38.4. The van der Waals surface area contributed by atoms with Crippen molar-refractivity contribution >= 4 is 5.96 Å². The third-order valence-electron chi connectivity index (χ3n) is 3.88. The van der Waals surface area contributed by atoms with Crippen LogP contribution >= 0.6 is 0 Å². The molecule has 0 aliphatic heterocycles. The summed E-state index contributed by atoms with van der Waals surface area (Å²) in [4.78, 5) is 4.11. The molecule has 0 radical (unpaired) electrons. The minimum Gasteiger partial charge on any atom is -0.356 e. The van der Waals surface area contributed by atoms with Crippen LogP contribution in [0.15, 0.2) is 41.5 Å². The van der Waals surface area contributed by atoms with E-state index < -0.39 is 11.7 Å². The van der Waals surface area contributed by atoms with Crippen molar-refractivity contribution in [1.29, 1.82) is 0 Å². The molecule has 5 nitrogen and oxygen atoms in total. The third kappa shape index (κ3) is 5.81. The predicted octanol–water partition coefficient (Wildman–Crippen LogP) is 3.29. The van der Waals surface area contributed by atoms with Crippen LogP contribution in [0.5, 0.6) is 0 Å². The van der Waals surface area contributed by atoms with Gasteiger partial charge in [-0.1, -0.05) is 25.1 Å². The fourth-order valence-corrected chi connectivity index (χ4v) is 2.38. The van der Waals surface area contributed by atoms with Crippen molar-refractivity contribution < 1.29 is 13.2 Å². The maximum absolute atomic E-state index is 12.8. The average Bonchev–Trinajstić information content (AvgIpc) is 3.10. The van der Waals surface area contributed by atoms with Crippen LogP contribution in [0.3, 0.4) is 0 Å². The van der Waals surface area contributed by atoms with Gasteiger partial charge in [-0.3, -0.25) is 10.1 Å². The molecule has 0 saturated heterocycles. The number of H-pyrrole nitrogens is 1. The molecule has 136 valence electrons. The molecule has 1 unspecified atom stereocenters. The summed E-state index contributed by atoms with van der Waals surface area (Å²) in [6.07, 6.45) is -1.96. The molecule has 0 saturated carbocycles. The predicted molar refractivity (Wildman–Crippen MR) is 91.3 cm³/mol. The summed E-state index contributed by atoms with van der Waals surface area (Å²) >= 11 is 0. The largest absolute Gasteiger partial charge is 0.416 e. The maximum atomic E-state index is 12.8. The molecular formula is C17H22F3N5. The summed E-state index contributed by atoms with van der Waals surface area (Å²) in [5.41, 5.74) is 0.999. The number of rotatable bonds is 6. The summed E-state index contributed by atoms with van der Waals surface area (Å²) in [5, 5.41) is 13.0. The van der Waals surface area contributed by atoms with Gasteiger partial charge in [0, 0.05) is 19.8 Å². The molecule has 1 heterocycles. The number of aliphatic imine (C=N–C) groups is 1. The molecule has 0 aliphatic rings. The Bertz CT molecular complexity index is 680. The lowest BCUT2D eigenvalue weighted by atomic mass is 9.96. The Labute approximate surface area is 144 Å². The van der Waals surface area contributed by atoms with Gasteiger partial charge in [0.2, 0.25) is 0 Å². The Hall–Kier alpha value is -2.51. The average molecular weight is 353 g/mol. The van der Waals surface area contributed by atoms with Crippen molar-refractivity contribution in [1.82, 2.24) is 20.8 Å². The van der Waals surface area contributed by atoms with Crippen LogP contribution in [0.2, 0.25) is 0 Å². The number of hydrogen-bond donors (Lipinski definition) is 3. The molecule has 25 heavy (non-hydrogen) atoms. The number of guanidine groups is 1. The molecule has 3 N–H and O–H groups in total. The third-order valence-corrected chi connectivity index (χ3v) is 3.88. The lowest BCUT2D eigenvalue weighted by molar-refractivity contribution is -0.137. The normalized spacial score (nSPS) is 13.6. The lowest BCUT2D eigenvalue weighted by Crippen LogP contribution is -2.37. The van der Waals surface area contributed by atoms with E-state index in [1.807, 2.05) is 13.0 Å². The van der Waals surface area contributed by atoms with Crippen LogP contribution in [0.1, 0.15) is 36.1 Å². The Balaban J connectivity index is 1.82. The standard InChI is InChI=1S/C17H22F3N5/c1-12(13-4-3-5-14(10-13)17(18,19)20)6-8-22-16(21-2)23-11-15-7-9-24-25-15/h3-5,7,9-10,12H,6,8,11H2,1-2H3,(H,24,25)(H2,21,22,23). The van der Waals surface area contributed by atoms with Gasteiger partial charge in [0.1, 0.15) is 0 Å². The molecule has 0 amide bonds. The first-order valence-corrected chi connectivity index (χ1v) is 8.00. The van der Waals surface area contributed by atoms with Crippen molar-refractivity contribution in [3.05, 3.63) is 53.3 Å². The van der Waals surface area contributed by atoms with E-state index in [-0.39, 0.29) is 5.92 Å². The number of benzene rings is 1. The first-order valence-electron chi connectivity index (χ1n) is 8.00. The summed E-state index contributed by atoms with van der Waals surface area (Å²) in [6, 6.07) is 7.35. The fraction of sp³-hybridized carbons (Fsp3) is 0.412. The van der Waals surface area contributed by atoms with E-state index in [0.717, 1.165) is 11.8 Å². The second kappa shape index (κ2) is 8.55. The lowest BCUT2D eigenvalue weighted by Gasteiger charge is -2.16. The van der Waals surface area contributed by atoms with Crippen LogP contribution in [-0.4, -0.2) is 29.7 Å². The SMILES string of the molecule is CN=C(NCCC(C)c1cccc(C(F)(F)F)c1)NCc1ccn[nH]1. The molecule has 0 fully saturated rings. The van der Waals surface area contributed by atoms with Gasteiger partial charge in [0.25, 0.3) is 0 Å². The number of halogens is 3. The van der Waals surface area contributed by atoms with Crippen molar-refractivity contribution in [2.24, 2.45) is 4.99 Å². The summed E-state index contributed by atoms with van der Waals surface area (Å²) in [7, 11) is 1.67.